The van der Waals surface area contributed by atoms with Crippen molar-refractivity contribution in [3.63, 3.8) is 0 Å². The number of halogens is 1. The number of hydrogen-bond donors (Lipinski definition) is 1. The molecule has 0 fully saturated rings. The molecule has 5 rings (SSSR count). The second kappa shape index (κ2) is 9.36. The topological polar surface area (TPSA) is 63.4 Å². The van der Waals surface area contributed by atoms with Crippen LogP contribution in [-0.2, 0) is 6.54 Å². The highest BCUT2D eigenvalue weighted by Gasteiger charge is 2.34. The van der Waals surface area contributed by atoms with E-state index < -0.39 is 0 Å². The molecule has 1 atom stereocenters. The number of hydrogen-bond acceptors (Lipinski definition) is 6. The predicted molar refractivity (Wildman–Crippen MR) is 134 cm³/mol. The van der Waals surface area contributed by atoms with Gasteiger partial charge in [-0.1, -0.05) is 23.4 Å². The van der Waals surface area contributed by atoms with Crippen LogP contribution in [0.25, 0.3) is 17.0 Å². The summed E-state index contributed by atoms with van der Waals surface area (Å²) < 4.78 is 24.4. The highest BCUT2D eigenvalue weighted by atomic mass is 32.1. The van der Waals surface area contributed by atoms with Gasteiger partial charge in [-0.2, -0.15) is 4.98 Å². The Morgan fingerprint density at radius 3 is 2.59 bits per heavy atom. The van der Waals surface area contributed by atoms with E-state index in [0.717, 1.165) is 22.6 Å². The fourth-order valence-corrected chi connectivity index (χ4v) is 4.91. The van der Waals surface area contributed by atoms with Crippen molar-refractivity contribution in [3.8, 4) is 17.1 Å². The van der Waals surface area contributed by atoms with Gasteiger partial charge in [0.25, 0.3) is 5.89 Å². The van der Waals surface area contributed by atoms with Crippen LogP contribution in [0.3, 0.4) is 0 Å². The molecule has 0 aliphatic carbocycles. The van der Waals surface area contributed by atoms with E-state index in [1.54, 1.807) is 30.6 Å². The molecule has 0 saturated carbocycles. The molecule has 172 valence electrons. The van der Waals surface area contributed by atoms with Gasteiger partial charge in [-0.3, -0.25) is 0 Å². The summed E-state index contributed by atoms with van der Waals surface area (Å²) in [6, 6.07) is 17.6. The van der Waals surface area contributed by atoms with Gasteiger partial charge in [-0.15, -0.1) is 11.3 Å². The summed E-state index contributed by atoms with van der Waals surface area (Å²) >= 11 is 7.43. The SMILES string of the molecule is COc1ccc(C2NC(=S)N(Cc3cccs3)C(C)=C2c2nc(-c3ccc(F)cc3)no2)cc1. The van der Waals surface area contributed by atoms with E-state index in [4.69, 9.17) is 21.5 Å². The zero-order valence-electron chi connectivity index (χ0n) is 18.5. The Morgan fingerprint density at radius 1 is 1.15 bits per heavy atom. The molecule has 4 aromatic rings. The van der Waals surface area contributed by atoms with E-state index in [2.05, 4.69) is 21.5 Å². The van der Waals surface area contributed by atoms with E-state index in [-0.39, 0.29) is 11.9 Å². The summed E-state index contributed by atoms with van der Waals surface area (Å²) in [6.07, 6.45) is 0. The fourth-order valence-electron chi connectivity index (χ4n) is 3.90. The minimum atomic E-state index is -0.320. The Kier molecular flexibility index (Phi) is 6.12. The molecule has 0 bridgehead atoms. The van der Waals surface area contributed by atoms with Gasteiger partial charge in [0.05, 0.1) is 25.3 Å². The molecule has 34 heavy (non-hydrogen) atoms. The summed E-state index contributed by atoms with van der Waals surface area (Å²) in [4.78, 5) is 7.88. The second-order valence-electron chi connectivity index (χ2n) is 7.75. The third-order valence-electron chi connectivity index (χ3n) is 5.70. The smallest absolute Gasteiger partial charge is 0.258 e. The normalized spacial score (nSPS) is 16.0. The summed E-state index contributed by atoms with van der Waals surface area (Å²) in [5, 5.41) is 10.3. The molecule has 0 saturated heterocycles. The van der Waals surface area contributed by atoms with Crippen molar-refractivity contribution in [2.45, 2.75) is 19.5 Å². The average Bonchev–Trinajstić information content (AvgIpc) is 3.54. The minimum absolute atomic E-state index is 0.292. The Bertz CT molecular complexity index is 1330. The van der Waals surface area contributed by atoms with E-state index in [1.807, 2.05) is 47.5 Å². The monoisotopic (exact) mass is 492 g/mol. The highest BCUT2D eigenvalue weighted by Crippen LogP contribution is 2.38. The largest absolute Gasteiger partial charge is 0.497 e. The van der Waals surface area contributed by atoms with E-state index in [9.17, 15) is 4.39 Å². The third-order valence-corrected chi connectivity index (χ3v) is 6.90. The lowest BCUT2D eigenvalue weighted by Crippen LogP contribution is -2.45. The molecule has 2 aromatic heterocycles. The maximum absolute atomic E-state index is 13.4. The van der Waals surface area contributed by atoms with Crippen molar-refractivity contribution in [2.75, 3.05) is 7.11 Å². The predicted octanol–water partition coefficient (Wildman–Crippen LogP) is 5.81. The number of nitrogens with zero attached hydrogens (tertiary/aromatic N) is 3. The summed E-state index contributed by atoms with van der Waals surface area (Å²) in [5.41, 5.74) is 3.41. The third kappa shape index (κ3) is 4.32. The summed E-state index contributed by atoms with van der Waals surface area (Å²) in [5.74, 6) is 1.21. The van der Waals surface area contributed by atoms with Crippen LogP contribution in [0.5, 0.6) is 5.75 Å². The van der Waals surface area contributed by atoms with Crippen LogP contribution in [0.2, 0.25) is 0 Å². The van der Waals surface area contributed by atoms with Crippen LogP contribution in [0.1, 0.15) is 29.3 Å². The Hall–Kier alpha value is -3.56. The molecule has 3 heterocycles. The summed E-state index contributed by atoms with van der Waals surface area (Å²) in [7, 11) is 1.64. The van der Waals surface area contributed by atoms with Crippen molar-refractivity contribution >= 4 is 34.2 Å². The molecule has 9 heteroatoms. The number of aromatic nitrogens is 2. The molecule has 1 N–H and O–H groups in total. The van der Waals surface area contributed by atoms with E-state index in [1.165, 1.54) is 17.0 Å². The lowest BCUT2D eigenvalue weighted by atomic mass is 9.94. The molecule has 0 amide bonds. The molecule has 6 nitrogen and oxygen atoms in total. The Morgan fingerprint density at radius 2 is 1.91 bits per heavy atom. The van der Waals surface area contributed by atoms with Gasteiger partial charge in [0.2, 0.25) is 5.82 Å². The first-order chi connectivity index (χ1) is 16.5. The number of ether oxygens (including phenoxy) is 1. The van der Waals surface area contributed by atoms with Crippen LogP contribution >= 0.6 is 23.6 Å². The molecular formula is C25H21FN4O2S2. The molecular weight excluding hydrogens is 471 g/mol. The minimum Gasteiger partial charge on any atom is -0.497 e. The van der Waals surface area contributed by atoms with Gasteiger partial charge in [0.1, 0.15) is 11.6 Å². The second-order valence-corrected chi connectivity index (χ2v) is 9.17. The zero-order chi connectivity index (χ0) is 23.7. The number of rotatable bonds is 6. The van der Waals surface area contributed by atoms with Gasteiger partial charge >= 0.3 is 0 Å². The average molecular weight is 493 g/mol. The standard InChI is InChI=1S/C25H21FN4O2S2/c1-15-21(24-28-23(29-32-24)17-5-9-18(26)10-6-17)22(16-7-11-19(31-2)12-8-16)27-25(33)30(15)14-20-4-3-13-34-20/h3-13,22H,14H2,1-2H3,(H,27,33). The Labute approximate surface area is 205 Å². The van der Waals surface area contributed by atoms with E-state index >= 15 is 0 Å². The van der Waals surface area contributed by atoms with Crippen LogP contribution in [0.4, 0.5) is 4.39 Å². The van der Waals surface area contributed by atoms with Gasteiger partial charge in [0, 0.05) is 16.1 Å². The molecule has 2 aromatic carbocycles. The van der Waals surface area contributed by atoms with Crippen LogP contribution in [0, 0.1) is 5.82 Å². The van der Waals surface area contributed by atoms with Crippen LogP contribution < -0.4 is 10.1 Å². The highest BCUT2D eigenvalue weighted by molar-refractivity contribution is 7.80. The lowest BCUT2D eigenvalue weighted by Gasteiger charge is -2.37. The molecule has 1 unspecified atom stereocenters. The molecule has 1 aliphatic rings. The summed E-state index contributed by atoms with van der Waals surface area (Å²) in [6.45, 7) is 2.64. The number of benzene rings is 2. The maximum Gasteiger partial charge on any atom is 0.258 e. The quantitative estimate of drug-likeness (QED) is 0.341. The maximum atomic E-state index is 13.4. The van der Waals surface area contributed by atoms with Crippen molar-refractivity contribution in [2.24, 2.45) is 0 Å². The fraction of sp³-hybridized carbons (Fsp3) is 0.160. The van der Waals surface area contributed by atoms with Crippen LogP contribution in [-0.4, -0.2) is 27.3 Å². The number of allylic oxidation sites excluding steroid dienone is 1. The van der Waals surface area contributed by atoms with Crippen molar-refractivity contribution in [1.82, 2.24) is 20.4 Å². The first kappa shape index (κ1) is 22.2. The molecule has 0 radical (unpaired) electrons. The molecule has 1 aliphatic heterocycles. The number of thiocarbonyl (C=S) groups is 1. The van der Waals surface area contributed by atoms with Crippen LogP contribution in [0.15, 0.2) is 76.3 Å². The zero-order valence-corrected chi connectivity index (χ0v) is 20.1. The van der Waals surface area contributed by atoms with Gasteiger partial charge in [-0.25, -0.2) is 4.39 Å². The van der Waals surface area contributed by atoms with Gasteiger partial charge in [0.15, 0.2) is 5.11 Å². The molecule has 0 spiro atoms. The first-order valence-corrected chi connectivity index (χ1v) is 11.9. The lowest BCUT2D eigenvalue weighted by molar-refractivity contribution is 0.396. The van der Waals surface area contributed by atoms with Crippen molar-refractivity contribution in [1.29, 1.82) is 0 Å². The van der Waals surface area contributed by atoms with Crippen molar-refractivity contribution in [3.05, 3.63) is 93.9 Å². The van der Waals surface area contributed by atoms with E-state index in [0.29, 0.717) is 28.9 Å². The number of thiophene rings is 1. The van der Waals surface area contributed by atoms with Crippen molar-refractivity contribution < 1.29 is 13.7 Å². The number of methoxy groups -OCH3 is 1. The van der Waals surface area contributed by atoms with Gasteiger partial charge < -0.3 is 19.5 Å². The number of nitrogens with one attached hydrogen (secondary N) is 1. The first-order valence-electron chi connectivity index (χ1n) is 10.6. The Balaban J connectivity index is 1.58. The van der Waals surface area contributed by atoms with Gasteiger partial charge in [-0.05, 0) is 72.5 Å².